The van der Waals surface area contributed by atoms with E-state index in [9.17, 15) is 39.2 Å². The predicted molar refractivity (Wildman–Crippen MR) is 131 cm³/mol. The number of carbonyl (C=O) groups is 1. The molecule has 37 heavy (non-hydrogen) atoms. The highest BCUT2D eigenvalue weighted by molar-refractivity contribution is 7.92. The molecule has 198 valence electrons. The number of nitrogens with one attached hydrogen (secondary N) is 2. The zero-order chi connectivity index (χ0) is 27.6. The largest absolute Gasteiger partial charge is 0.417 e. The molecule has 0 bridgehead atoms. The van der Waals surface area contributed by atoms with E-state index >= 15 is 0 Å². The van der Waals surface area contributed by atoms with Gasteiger partial charge in [-0.3, -0.25) is 13.8 Å². The molecule has 3 aromatic rings. The number of benzene rings is 3. The maximum Gasteiger partial charge on any atom is 0.417 e. The van der Waals surface area contributed by atoms with Gasteiger partial charge in [-0.25, -0.2) is 21.2 Å². The van der Waals surface area contributed by atoms with Gasteiger partial charge in [-0.15, -0.1) is 0 Å². The van der Waals surface area contributed by atoms with Crippen LogP contribution in [0, 0.1) is 5.82 Å². The van der Waals surface area contributed by atoms with Gasteiger partial charge < -0.3 is 5.32 Å². The third-order valence-electron chi connectivity index (χ3n) is 4.76. The van der Waals surface area contributed by atoms with Crippen LogP contribution < -0.4 is 14.3 Å². The van der Waals surface area contributed by atoms with Crippen LogP contribution in [0.3, 0.4) is 0 Å². The molecule has 0 aliphatic rings. The zero-order valence-electron chi connectivity index (χ0n) is 18.8. The molecular weight excluding hydrogens is 562 g/mol. The quantitative estimate of drug-likeness (QED) is 0.376. The van der Waals surface area contributed by atoms with E-state index in [1.807, 2.05) is 4.72 Å². The van der Waals surface area contributed by atoms with Gasteiger partial charge in [0.25, 0.3) is 10.0 Å². The lowest BCUT2D eigenvalue weighted by Crippen LogP contribution is -2.37. The van der Waals surface area contributed by atoms with Gasteiger partial charge in [0.1, 0.15) is 12.4 Å². The lowest BCUT2D eigenvalue weighted by atomic mass is 10.2. The van der Waals surface area contributed by atoms with Crippen LogP contribution in [0.4, 0.5) is 34.6 Å². The average Bonchev–Trinajstić information content (AvgIpc) is 2.77. The SMILES string of the molecule is CS(=O)(=O)N(CC(=O)Nc1ccc(S(=O)(=O)Nc2ccc(Cl)c(C(F)(F)F)c2)cc1)c1cccc(F)c1. The van der Waals surface area contributed by atoms with Gasteiger partial charge in [0.15, 0.2) is 0 Å². The van der Waals surface area contributed by atoms with E-state index in [0.29, 0.717) is 10.4 Å². The number of sulfonamides is 2. The second-order valence-electron chi connectivity index (χ2n) is 7.62. The Hall–Kier alpha value is -3.36. The van der Waals surface area contributed by atoms with Gasteiger partial charge >= 0.3 is 6.18 Å². The Labute approximate surface area is 215 Å². The summed E-state index contributed by atoms with van der Waals surface area (Å²) in [5, 5.41) is 1.80. The first-order valence-corrected chi connectivity index (χ1v) is 13.8. The molecule has 0 aliphatic heterocycles. The van der Waals surface area contributed by atoms with Crippen LogP contribution in [0.5, 0.6) is 0 Å². The minimum atomic E-state index is -4.79. The van der Waals surface area contributed by atoms with Crippen molar-refractivity contribution in [2.75, 3.05) is 27.1 Å². The highest BCUT2D eigenvalue weighted by atomic mass is 35.5. The van der Waals surface area contributed by atoms with Crippen LogP contribution in [0.2, 0.25) is 5.02 Å². The van der Waals surface area contributed by atoms with Crippen LogP contribution in [-0.4, -0.2) is 35.5 Å². The summed E-state index contributed by atoms with van der Waals surface area (Å²) in [6.07, 6.45) is -3.95. The molecule has 0 spiro atoms. The van der Waals surface area contributed by atoms with Crippen molar-refractivity contribution in [2.24, 2.45) is 0 Å². The molecule has 3 aromatic carbocycles. The normalized spacial score (nSPS) is 12.2. The molecule has 0 unspecified atom stereocenters. The van der Waals surface area contributed by atoms with Gasteiger partial charge in [-0.2, -0.15) is 13.2 Å². The Balaban J connectivity index is 1.73. The number of nitrogens with zero attached hydrogens (tertiary/aromatic N) is 1. The number of amides is 1. The second kappa shape index (κ2) is 10.6. The molecule has 0 heterocycles. The van der Waals surface area contributed by atoms with E-state index in [2.05, 4.69) is 5.32 Å². The van der Waals surface area contributed by atoms with Crippen LogP contribution in [0.1, 0.15) is 5.56 Å². The fourth-order valence-electron chi connectivity index (χ4n) is 3.10. The highest BCUT2D eigenvalue weighted by Crippen LogP contribution is 2.36. The first-order valence-electron chi connectivity index (χ1n) is 10.1. The summed E-state index contributed by atoms with van der Waals surface area (Å²) in [6, 6.07) is 11.7. The van der Waals surface area contributed by atoms with Crippen LogP contribution in [0.15, 0.2) is 71.6 Å². The second-order valence-corrected chi connectivity index (χ2v) is 11.6. The summed E-state index contributed by atoms with van der Waals surface area (Å²) in [6.45, 7) is -0.692. The van der Waals surface area contributed by atoms with Crippen molar-refractivity contribution in [1.29, 1.82) is 0 Å². The van der Waals surface area contributed by atoms with Crippen molar-refractivity contribution in [2.45, 2.75) is 11.1 Å². The molecule has 0 saturated carbocycles. The first kappa shape index (κ1) is 28.2. The molecule has 0 fully saturated rings. The average molecular weight is 580 g/mol. The molecule has 2 N–H and O–H groups in total. The topological polar surface area (TPSA) is 113 Å². The van der Waals surface area contributed by atoms with E-state index < -0.39 is 55.1 Å². The number of hydrogen-bond acceptors (Lipinski definition) is 5. The monoisotopic (exact) mass is 579 g/mol. The number of rotatable bonds is 8. The van der Waals surface area contributed by atoms with E-state index in [0.717, 1.165) is 42.7 Å². The third kappa shape index (κ3) is 7.33. The Morgan fingerprint density at radius 2 is 1.57 bits per heavy atom. The molecule has 1 amide bonds. The predicted octanol–water partition coefficient (Wildman–Crippen LogP) is 4.70. The smallest absolute Gasteiger partial charge is 0.325 e. The maximum absolute atomic E-state index is 13.5. The van der Waals surface area contributed by atoms with Crippen LogP contribution in [0.25, 0.3) is 0 Å². The van der Waals surface area contributed by atoms with Gasteiger partial charge in [0.2, 0.25) is 15.9 Å². The van der Waals surface area contributed by atoms with Crippen molar-refractivity contribution in [3.05, 3.63) is 83.1 Å². The van der Waals surface area contributed by atoms with Crippen LogP contribution >= 0.6 is 11.6 Å². The molecule has 0 radical (unpaired) electrons. The van der Waals surface area contributed by atoms with Gasteiger partial charge in [-0.05, 0) is 60.7 Å². The number of halogens is 5. The van der Waals surface area contributed by atoms with Gasteiger partial charge in [-0.1, -0.05) is 17.7 Å². The summed E-state index contributed by atoms with van der Waals surface area (Å²) in [5.41, 5.74) is -1.55. The molecule has 3 rings (SSSR count). The Kier molecular flexibility index (Phi) is 8.05. The molecule has 0 saturated heterocycles. The van der Waals surface area contributed by atoms with Crippen molar-refractivity contribution < 1.29 is 39.2 Å². The summed E-state index contributed by atoms with van der Waals surface area (Å²) in [5.74, 6) is -1.51. The Bertz CT molecular complexity index is 1530. The standard InChI is InChI=1S/C22H18ClF4N3O5S2/c1-36(32,33)30(17-4-2-3-14(24)11-17)13-21(31)28-15-5-8-18(9-6-15)37(34,35)29-16-7-10-20(23)19(12-16)22(25,26)27/h2-12,29H,13H2,1H3,(H,28,31). The molecule has 15 heteroatoms. The van der Waals surface area contributed by atoms with E-state index in [1.54, 1.807) is 0 Å². The molecule has 8 nitrogen and oxygen atoms in total. The number of anilines is 3. The minimum Gasteiger partial charge on any atom is -0.325 e. The van der Waals surface area contributed by atoms with Crippen molar-refractivity contribution >= 4 is 54.6 Å². The van der Waals surface area contributed by atoms with Crippen LogP contribution in [-0.2, 0) is 31.0 Å². The van der Waals surface area contributed by atoms with E-state index in [4.69, 9.17) is 11.6 Å². The number of hydrogen-bond donors (Lipinski definition) is 2. The van der Waals surface area contributed by atoms with Gasteiger partial charge in [0.05, 0.1) is 27.4 Å². The van der Waals surface area contributed by atoms with Gasteiger partial charge in [0, 0.05) is 11.4 Å². The maximum atomic E-state index is 13.5. The van der Waals surface area contributed by atoms with E-state index in [-0.39, 0.29) is 22.0 Å². The lowest BCUT2D eigenvalue weighted by Gasteiger charge is -2.22. The van der Waals surface area contributed by atoms with E-state index in [1.165, 1.54) is 24.3 Å². The summed E-state index contributed by atoms with van der Waals surface area (Å²) >= 11 is 5.54. The molecule has 0 atom stereocenters. The summed E-state index contributed by atoms with van der Waals surface area (Å²) in [4.78, 5) is 12.1. The summed E-state index contributed by atoms with van der Waals surface area (Å²) in [7, 11) is -8.26. The summed E-state index contributed by atoms with van der Waals surface area (Å²) < 4.78 is 105. The molecule has 0 aromatic heterocycles. The minimum absolute atomic E-state index is 0.0685. The first-order chi connectivity index (χ1) is 17.1. The number of alkyl halides is 3. The fraction of sp³-hybridized carbons (Fsp3) is 0.136. The van der Waals surface area contributed by atoms with Crippen molar-refractivity contribution in [3.63, 3.8) is 0 Å². The Morgan fingerprint density at radius 3 is 2.14 bits per heavy atom. The van der Waals surface area contributed by atoms with Crippen molar-refractivity contribution in [3.8, 4) is 0 Å². The highest BCUT2D eigenvalue weighted by Gasteiger charge is 2.33. The van der Waals surface area contributed by atoms with Crippen molar-refractivity contribution in [1.82, 2.24) is 0 Å². The number of carbonyl (C=O) groups excluding carboxylic acids is 1. The Morgan fingerprint density at radius 1 is 0.946 bits per heavy atom. The zero-order valence-corrected chi connectivity index (χ0v) is 21.1. The lowest BCUT2D eigenvalue weighted by molar-refractivity contribution is -0.137. The molecule has 0 aliphatic carbocycles. The molecular formula is C22H18ClF4N3O5S2. The third-order valence-corrected chi connectivity index (χ3v) is 7.62. The fourth-order valence-corrected chi connectivity index (χ4v) is 5.22.